The lowest BCUT2D eigenvalue weighted by Crippen LogP contribution is -2.25. The molecule has 0 aliphatic heterocycles. The molecule has 1 heterocycles. The first kappa shape index (κ1) is 16.0. The summed E-state index contributed by atoms with van der Waals surface area (Å²) in [6.45, 7) is 3.11. The third-order valence-corrected chi connectivity index (χ3v) is 3.77. The van der Waals surface area contributed by atoms with E-state index in [2.05, 4.69) is 10.3 Å². The molecule has 0 saturated heterocycles. The molecule has 0 spiro atoms. The van der Waals surface area contributed by atoms with Crippen molar-refractivity contribution >= 4 is 16.8 Å². The van der Waals surface area contributed by atoms with Gasteiger partial charge < -0.3 is 10.1 Å². The fourth-order valence-corrected chi connectivity index (χ4v) is 2.46. The zero-order valence-corrected chi connectivity index (χ0v) is 13.7. The van der Waals surface area contributed by atoms with E-state index in [1.54, 1.807) is 6.20 Å². The number of aryl methyl sites for hydroxylation is 1. The third-order valence-electron chi connectivity index (χ3n) is 3.77. The second-order valence-corrected chi connectivity index (χ2v) is 5.66. The standard InChI is InChI=1S/C20H20N2O2/c1-15-8-10-17(11-9-15)20(23)22-13-4-14-24-18-7-2-5-16-6-3-12-21-19(16)18/h2-3,5-12H,4,13-14H2,1H3,(H,22,23). The van der Waals surface area contributed by atoms with E-state index in [-0.39, 0.29) is 5.91 Å². The number of pyridine rings is 1. The number of amides is 1. The topological polar surface area (TPSA) is 51.2 Å². The maximum atomic E-state index is 12.0. The second kappa shape index (κ2) is 7.59. The number of nitrogens with zero attached hydrogens (tertiary/aromatic N) is 1. The van der Waals surface area contributed by atoms with Gasteiger partial charge in [0.2, 0.25) is 0 Å². The molecule has 3 rings (SSSR count). The molecule has 122 valence electrons. The highest BCUT2D eigenvalue weighted by Gasteiger charge is 2.05. The number of rotatable bonds is 6. The van der Waals surface area contributed by atoms with Gasteiger partial charge in [-0.05, 0) is 37.6 Å². The summed E-state index contributed by atoms with van der Waals surface area (Å²) in [5.41, 5.74) is 2.69. The first-order valence-electron chi connectivity index (χ1n) is 8.05. The predicted molar refractivity (Wildman–Crippen MR) is 95.4 cm³/mol. The van der Waals surface area contributed by atoms with Crippen LogP contribution in [0.2, 0.25) is 0 Å². The van der Waals surface area contributed by atoms with Crippen LogP contribution in [0.15, 0.2) is 60.8 Å². The monoisotopic (exact) mass is 320 g/mol. The van der Waals surface area contributed by atoms with E-state index >= 15 is 0 Å². The van der Waals surface area contributed by atoms with Gasteiger partial charge in [-0.25, -0.2) is 0 Å². The quantitative estimate of drug-likeness (QED) is 0.704. The first-order chi connectivity index (χ1) is 11.7. The molecule has 3 aromatic rings. The molecule has 4 heteroatoms. The summed E-state index contributed by atoms with van der Waals surface area (Å²) in [6, 6.07) is 17.3. The normalized spacial score (nSPS) is 10.5. The van der Waals surface area contributed by atoms with Crippen molar-refractivity contribution in [3.05, 3.63) is 71.9 Å². The van der Waals surface area contributed by atoms with Crippen molar-refractivity contribution in [2.45, 2.75) is 13.3 Å². The van der Waals surface area contributed by atoms with E-state index in [4.69, 9.17) is 4.74 Å². The Morgan fingerprint density at radius 2 is 1.88 bits per heavy atom. The van der Waals surface area contributed by atoms with Crippen LogP contribution < -0.4 is 10.1 Å². The molecule has 0 aliphatic carbocycles. The Kier molecular flexibility index (Phi) is 5.06. The van der Waals surface area contributed by atoms with Gasteiger partial charge in [-0.15, -0.1) is 0 Å². The maximum absolute atomic E-state index is 12.0. The van der Waals surface area contributed by atoms with E-state index in [1.807, 2.05) is 61.5 Å². The van der Waals surface area contributed by atoms with Gasteiger partial charge in [-0.3, -0.25) is 9.78 Å². The minimum atomic E-state index is -0.0539. The Bertz CT molecular complexity index is 823. The van der Waals surface area contributed by atoms with Crippen molar-refractivity contribution < 1.29 is 9.53 Å². The largest absolute Gasteiger partial charge is 0.491 e. The van der Waals surface area contributed by atoms with Crippen LogP contribution in [-0.2, 0) is 0 Å². The Balaban J connectivity index is 1.47. The van der Waals surface area contributed by atoms with Crippen LogP contribution in [0.3, 0.4) is 0 Å². The molecule has 4 nitrogen and oxygen atoms in total. The van der Waals surface area contributed by atoms with Gasteiger partial charge in [-0.1, -0.05) is 35.9 Å². The lowest BCUT2D eigenvalue weighted by Gasteiger charge is -2.09. The van der Waals surface area contributed by atoms with Crippen LogP contribution in [0.1, 0.15) is 22.3 Å². The summed E-state index contributed by atoms with van der Waals surface area (Å²) in [7, 11) is 0. The van der Waals surface area contributed by atoms with Gasteiger partial charge in [0, 0.05) is 23.7 Å². The van der Waals surface area contributed by atoms with Crippen LogP contribution in [0.25, 0.3) is 10.9 Å². The number of carbonyl (C=O) groups excluding carboxylic acids is 1. The molecule has 1 amide bonds. The zero-order valence-electron chi connectivity index (χ0n) is 13.7. The average Bonchev–Trinajstić information content (AvgIpc) is 2.62. The number of fused-ring (bicyclic) bond motifs is 1. The van der Waals surface area contributed by atoms with Crippen molar-refractivity contribution in [1.82, 2.24) is 10.3 Å². The highest BCUT2D eigenvalue weighted by atomic mass is 16.5. The Morgan fingerprint density at radius 1 is 1.08 bits per heavy atom. The van der Waals surface area contributed by atoms with Crippen LogP contribution in [0.4, 0.5) is 0 Å². The summed E-state index contributed by atoms with van der Waals surface area (Å²) in [5, 5.41) is 3.97. The van der Waals surface area contributed by atoms with Crippen molar-refractivity contribution in [3.8, 4) is 5.75 Å². The number of nitrogens with one attached hydrogen (secondary N) is 1. The van der Waals surface area contributed by atoms with E-state index in [0.29, 0.717) is 18.7 Å². The van der Waals surface area contributed by atoms with Crippen molar-refractivity contribution in [2.75, 3.05) is 13.2 Å². The number of aromatic nitrogens is 1. The maximum Gasteiger partial charge on any atom is 0.251 e. The lowest BCUT2D eigenvalue weighted by atomic mass is 10.1. The van der Waals surface area contributed by atoms with Crippen molar-refractivity contribution in [3.63, 3.8) is 0 Å². The molecule has 0 aliphatic rings. The minimum Gasteiger partial charge on any atom is -0.491 e. The molecule has 0 bridgehead atoms. The van der Waals surface area contributed by atoms with Crippen molar-refractivity contribution in [1.29, 1.82) is 0 Å². The molecular formula is C20H20N2O2. The van der Waals surface area contributed by atoms with Gasteiger partial charge in [0.15, 0.2) is 0 Å². The summed E-state index contributed by atoms with van der Waals surface area (Å²) in [6.07, 6.45) is 2.50. The fourth-order valence-electron chi connectivity index (χ4n) is 2.46. The second-order valence-electron chi connectivity index (χ2n) is 5.66. The molecule has 24 heavy (non-hydrogen) atoms. The molecule has 1 N–H and O–H groups in total. The molecular weight excluding hydrogens is 300 g/mol. The summed E-state index contributed by atoms with van der Waals surface area (Å²) in [4.78, 5) is 16.4. The van der Waals surface area contributed by atoms with Crippen LogP contribution in [0.5, 0.6) is 5.75 Å². The molecule has 0 unspecified atom stereocenters. The number of benzene rings is 2. The summed E-state index contributed by atoms with van der Waals surface area (Å²) in [5.74, 6) is 0.722. The number of carbonyl (C=O) groups is 1. The number of hydrogen-bond acceptors (Lipinski definition) is 3. The van der Waals surface area contributed by atoms with Crippen LogP contribution in [0, 0.1) is 6.92 Å². The van der Waals surface area contributed by atoms with Crippen LogP contribution >= 0.6 is 0 Å². The molecule has 0 fully saturated rings. The van der Waals surface area contributed by atoms with Gasteiger partial charge in [0.25, 0.3) is 5.91 Å². The Hall–Kier alpha value is -2.88. The first-order valence-corrected chi connectivity index (χ1v) is 8.05. The summed E-state index contributed by atoms with van der Waals surface area (Å²) < 4.78 is 5.81. The predicted octanol–water partition coefficient (Wildman–Crippen LogP) is 3.74. The molecule has 0 radical (unpaired) electrons. The van der Waals surface area contributed by atoms with Gasteiger partial charge in [0.05, 0.1) is 6.61 Å². The Morgan fingerprint density at radius 3 is 2.71 bits per heavy atom. The SMILES string of the molecule is Cc1ccc(C(=O)NCCCOc2cccc3cccnc23)cc1. The van der Waals surface area contributed by atoms with Crippen LogP contribution in [-0.4, -0.2) is 24.0 Å². The molecule has 0 atom stereocenters. The van der Waals surface area contributed by atoms with Gasteiger partial charge >= 0.3 is 0 Å². The minimum absolute atomic E-state index is 0.0539. The number of para-hydroxylation sites is 1. The number of hydrogen-bond donors (Lipinski definition) is 1. The van der Waals surface area contributed by atoms with E-state index in [0.717, 1.165) is 28.6 Å². The molecule has 1 aromatic heterocycles. The highest BCUT2D eigenvalue weighted by Crippen LogP contribution is 2.22. The van der Waals surface area contributed by atoms with Gasteiger partial charge in [0.1, 0.15) is 11.3 Å². The van der Waals surface area contributed by atoms with E-state index in [9.17, 15) is 4.79 Å². The lowest BCUT2D eigenvalue weighted by molar-refractivity contribution is 0.0951. The summed E-state index contributed by atoms with van der Waals surface area (Å²) >= 11 is 0. The zero-order chi connectivity index (χ0) is 16.8. The molecule has 2 aromatic carbocycles. The van der Waals surface area contributed by atoms with E-state index < -0.39 is 0 Å². The van der Waals surface area contributed by atoms with E-state index in [1.165, 1.54) is 0 Å². The number of ether oxygens (including phenoxy) is 1. The average molecular weight is 320 g/mol. The molecule has 0 saturated carbocycles. The van der Waals surface area contributed by atoms with Gasteiger partial charge in [-0.2, -0.15) is 0 Å². The highest BCUT2D eigenvalue weighted by molar-refractivity contribution is 5.94. The van der Waals surface area contributed by atoms with Crippen molar-refractivity contribution in [2.24, 2.45) is 0 Å². The fraction of sp³-hybridized carbons (Fsp3) is 0.200. The third kappa shape index (κ3) is 3.90. The smallest absolute Gasteiger partial charge is 0.251 e. The Labute approximate surface area is 141 Å².